The zero-order chi connectivity index (χ0) is 27.2. The standard InChI is InChI=1S/C37H26N4/c1-2-8-30-26(6-1)7-5-10-31(30)28-15-19-35(40-23-28)34-18-14-27(22-39-34)25-12-16-29(17-13-25)41-36-11-4-3-9-32(36)33-24-38-21-20-37(33)41/h1-14,16-18,20-24H,15,19H2. The third kappa shape index (κ3) is 4.04. The van der Waals surface area contributed by atoms with Crippen molar-refractivity contribution < 1.29 is 0 Å². The summed E-state index contributed by atoms with van der Waals surface area (Å²) in [6.45, 7) is 0. The van der Waals surface area contributed by atoms with Crippen molar-refractivity contribution in [1.29, 1.82) is 0 Å². The summed E-state index contributed by atoms with van der Waals surface area (Å²) in [5.74, 6) is 0. The molecule has 4 heterocycles. The molecule has 1 aliphatic heterocycles. The lowest BCUT2D eigenvalue weighted by molar-refractivity contribution is 1.07. The molecule has 41 heavy (non-hydrogen) atoms. The van der Waals surface area contributed by atoms with Gasteiger partial charge in [0.25, 0.3) is 0 Å². The molecule has 0 radical (unpaired) electrons. The van der Waals surface area contributed by atoms with Crippen LogP contribution in [0, 0.1) is 0 Å². The molecule has 4 nitrogen and oxygen atoms in total. The SMILES string of the molecule is C1=C(c2cccc3ccccc23)CCC(c2ccc(-c3ccc(-n4c5ccccc5c5cnccc54)cc3)cn2)=N1. The van der Waals surface area contributed by atoms with E-state index in [9.17, 15) is 0 Å². The second-order valence-electron chi connectivity index (χ2n) is 10.5. The van der Waals surface area contributed by atoms with Crippen LogP contribution in [0.2, 0.25) is 0 Å². The molecule has 0 unspecified atom stereocenters. The molecule has 0 saturated carbocycles. The van der Waals surface area contributed by atoms with Crippen LogP contribution in [-0.4, -0.2) is 20.2 Å². The van der Waals surface area contributed by atoms with Crippen molar-refractivity contribution >= 4 is 43.9 Å². The van der Waals surface area contributed by atoms with E-state index in [1.54, 1.807) is 0 Å². The van der Waals surface area contributed by atoms with Gasteiger partial charge in [0.15, 0.2) is 0 Å². The predicted octanol–water partition coefficient (Wildman–Crippen LogP) is 9.02. The molecule has 0 atom stereocenters. The second kappa shape index (κ2) is 9.68. The van der Waals surface area contributed by atoms with Crippen LogP contribution in [0.25, 0.3) is 55.0 Å². The molecule has 0 N–H and O–H groups in total. The monoisotopic (exact) mass is 526 g/mol. The molecule has 4 heteroatoms. The van der Waals surface area contributed by atoms with Crippen LogP contribution < -0.4 is 0 Å². The molecule has 0 saturated heterocycles. The topological polar surface area (TPSA) is 43.1 Å². The quantitative estimate of drug-likeness (QED) is 0.230. The molecule has 7 aromatic rings. The van der Waals surface area contributed by atoms with Gasteiger partial charge in [-0.2, -0.15) is 0 Å². The van der Waals surface area contributed by atoms with Gasteiger partial charge in [0.05, 0.1) is 22.4 Å². The van der Waals surface area contributed by atoms with E-state index >= 15 is 0 Å². The highest BCUT2D eigenvalue weighted by Gasteiger charge is 2.15. The lowest BCUT2D eigenvalue weighted by Gasteiger charge is -2.16. The van der Waals surface area contributed by atoms with Gasteiger partial charge in [-0.15, -0.1) is 0 Å². The van der Waals surface area contributed by atoms with Crippen molar-refractivity contribution in [3.05, 3.63) is 145 Å². The molecular weight excluding hydrogens is 500 g/mol. The fraction of sp³-hybridized carbons (Fsp3) is 0.0541. The van der Waals surface area contributed by atoms with Crippen molar-refractivity contribution in [2.24, 2.45) is 4.99 Å². The predicted molar refractivity (Wildman–Crippen MR) is 170 cm³/mol. The van der Waals surface area contributed by atoms with Crippen molar-refractivity contribution in [3.8, 4) is 16.8 Å². The van der Waals surface area contributed by atoms with E-state index in [1.165, 1.54) is 32.8 Å². The Labute approximate surface area is 238 Å². The summed E-state index contributed by atoms with van der Waals surface area (Å²) in [7, 11) is 0. The fourth-order valence-electron chi connectivity index (χ4n) is 6.07. The maximum Gasteiger partial charge on any atom is 0.0844 e. The number of hydrogen-bond donors (Lipinski definition) is 0. The summed E-state index contributed by atoms with van der Waals surface area (Å²) >= 11 is 0. The van der Waals surface area contributed by atoms with Crippen LogP contribution in [0.5, 0.6) is 0 Å². The van der Waals surface area contributed by atoms with Gasteiger partial charge in [-0.3, -0.25) is 15.0 Å². The van der Waals surface area contributed by atoms with E-state index < -0.39 is 0 Å². The number of fused-ring (bicyclic) bond motifs is 4. The molecular formula is C37H26N4. The second-order valence-corrected chi connectivity index (χ2v) is 10.5. The summed E-state index contributed by atoms with van der Waals surface area (Å²) < 4.78 is 2.30. The molecule has 0 bridgehead atoms. The largest absolute Gasteiger partial charge is 0.309 e. The molecule has 0 fully saturated rings. The number of rotatable bonds is 4. The molecule has 0 amide bonds. The van der Waals surface area contributed by atoms with Crippen LogP contribution in [0.3, 0.4) is 0 Å². The van der Waals surface area contributed by atoms with Crippen molar-refractivity contribution in [1.82, 2.24) is 14.5 Å². The average Bonchev–Trinajstić information content (AvgIpc) is 3.39. The zero-order valence-corrected chi connectivity index (χ0v) is 22.4. The third-order valence-corrected chi connectivity index (χ3v) is 8.14. The highest BCUT2D eigenvalue weighted by atomic mass is 15.0. The van der Waals surface area contributed by atoms with Crippen LogP contribution in [0.4, 0.5) is 0 Å². The number of para-hydroxylation sites is 1. The van der Waals surface area contributed by atoms with Crippen molar-refractivity contribution in [3.63, 3.8) is 0 Å². The maximum absolute atomic E-state index is 4.84. The van der Waals surface area contributed by atoms with Gasteiger partial charge in [-0.1, -0.05) is 78.9 Å². The van der Waals surface area contributed by atoms with E-state index in [0.717, 1.165) is 52.0 Å². The third-order valence-electron chi connectivity index (χ3n) is 8.14. The van der Waals surface area contributed by atoms with Crippen LogP contribution in [0.15, 0.2) is 139 Å². The summed E-state index contributed by atoms with van der Waals surface area (Å²) in [5.41, 5.74) is 10.2. The highest BCUT2D eigenvalue weighted by molar-refractivity contribution is 6.09. The minimum atomic E-state index is 0.879. The molecule has 1 aliphatic rings. The van der Waals surface area contributed by atoms with E-state index in [0.29, 0.717) is 0 Å². The smallest absolute Gasteiger partial charge is 0.0844 e. The Bertz CT molecular complexity index is 2070. The summed E-state index contributed by atoms with van der Waals surface area (Å²) in [5, 5.41) is 4.92. The van der Waals surface area contributed by atoms with Crippen LogP contribution in [0.1, 0.15) is 24.1 Å². The Morgan fingerprint density at radius 1 is 0.585 bits per heavy atom. The Morgan fingerprint density at radius 3 is 2.20 bits per heavy atom. The molecule has 0 spiro atoms. The van der Waals surface area contributed by atoms with Gasteiger partial charge in [0.2, 0.25) is 0 Å². The Hall–Kier alpha value is -5.35. The molecule has 8 rings (SSSR count). The summed E-state index contributed by atoms with van der Waals surface area (Å²) in [4.78, 5) is 14.0. The van der Waals surface area contributed by atoms with Crippen molar-refractivity contribution in [2.75, 3.05) is 0 Å². The lowest BCUT2D eigenvalue weighted by atomic mass is 9.93. The minimum Gasteiger partial charge on any atom is -0.309 e. The number of benzene rings is 4. The zero-order valence-electron chi connectivity index (χ0n) is 22.4. The van der Waals surface area contributed by atoms with Gasteiger partial charge in [0.1, 0.15) is 0 Å². The van der Waals surface area contributed by atoms with E-state index in [-0.39, 0.29) is 0 Å². The number of aromatic nitrogens is 3. The first kappa shape index (κ1) is 23.5. The number of allylic oxidation sites excluding steroid dienone is 1. The van der Waals surface area contributed by atoms with E-state index in [1.807, 2.05) is 24.8 Å². The Kier molecular flexibility index (Phi) is 5.56. The van der Waals surface area contributed by atoms with Gasteiger partial charge in [0, 0.05) is 46.8 Å². The summed E-state index contributed by atoms with van der Waals surface area (Å²) in [6, 6.07) is 38.6. The number of nitrogens with zero attached hydrogens (tertiary/aromatic N) is 4. The van der Waals surface area contributed by atoms with E-state index in [4.69, 9.17) is 9.98 Å². The first-order valence-corrected chi connectivity index (χ1v) is 14.0. The van der Waals surface area contributed by atoms with Crippen LogP contribution in [-0.2, 0) is 0 Å². The van der Waals surface area contributed by atoms with Gasteiger partial charge in [-0.25, -0.2) is 0 Å². The van der Waals surface area contributed by atoms with Crippen LogP contribution >= 0.6 is 0 Å². The number of hydrogen-bond acceptors (Lipinski definition) is 3. The number of pyridine rings is 2. The van der Waals surface area contributed by atoms with Gasteiger partial charge < -0.3 is 4.57 Å². The van der Waals surface area contributed by atoms with Crippen molar-refractivity contribution in [2.45, 2.75) is 12.8 Å². The van der Waals surface area contributed by atoms with Gasteiger partial charge >= 0.3 is 0 Å². The highest BCUT2D eigenvalue weighted by Crippen LogP contribution is 2.33. The van der Waals surface area contributed by atoms with E-state index in [2.05, 4.69) is 119 Å². The lowest BCUT2D eigenvalue weighted by Crippen LogP contribution is -2.07. The fourth-order valence-corrected chi connectivity index (χ4v) is 6.07. The minimum absolute atomic E-state index is 0.879. The normalized spacial score (nSPS) is 13.5. The molecule has 3 aromatic heterocycles. The molecule has 194 valence electrons. The maximum atomic E-state index is 4.84. The van der Waals surface area contributed by atoms with Gasteiger partial charge in [-0.05, 0) is 70.6 Å². The average molecular weight is 527 g/mol. The molecule has 0 aliphatic carbocycles. The molecule has 4 aromatic carbocycles. The Balaban J connectivity index is 1.07. The first-order chi connectivity index (χ1) is 20.3. The number of aliphatic imine (C=N–C) groups is 1. The first-order valence-electron chi connectivity index (χ1n) is 14.0. The Morgan fingerprint density at radius 2 is 1.37 bits per heavy atom. The summed E-state index contributed by atoms with van der Waals surface area (Å²) in [6.07, 6.45) is 9.63.